The largest absolute Gasteiger partial charge is 0.486 e. The lowest BCUT2D eigenvalue weighted by Gasteiger charge is -2.17. The topological polar surface area (TPSA) is 73.7 Å². The summed E-state index contributed by atoms with van der Waals surface area (Å²) in [4.78, 5) is 30.2. The van der Waals surface area contributed by atoms with Crippen molar-refractivity contribution >= 4 is 28.6 Å². The summed E-state index contributed by atoms with van der Waals surface area (Å²) in [5.74, 6) is 0.573. The van der Waals surface area contributed by atoms with E-state index < -0.39 is 5.92 Å². The molecule has 2 aromatic carbocycles. The lowest BCUT2D eigenvalue weighted by atomic mass is 10.1. The van der Waals surface area contributed by atoms with Crippen LogP contribution in [0.4, 0.5) is 5.69 Å². The highest BCUT2D eigenvalue weighted by molar-refractivity contribution is 5.99. The number of fused-ring (bicyclic) bond motifs is 1. The molecule has 2 heterocycles. The third-order valence-electron chi connectivity index (χ3n) is 5.04. The molecule has 4 rings (SSSR count). The molecule has 7 heteroatoms. The molecule has 1 aliphatic rings. The van der Waals surface area contributed by atoms with E-state index in [0.717, 1.165) is 16.9 Å². The minimum atomic E-state index is -0.429. The van der Waals surface area contributed by atoms with Gasteiger partial charge in [-0.05, 0) is 24.3 Å². The second kappa shape index (κ2) is 7.34. The second-order valence-corrected chi connectivity index (χ2v) is 6.79. The number of benzene rings is 2. The number of imidazole rings is 1. The van der Waals surface area contributed by atoms with E-state index in [1.807, 2.05) is 54.1 Å². The molecular weight excluding hydrogens is 358 g/mol. The highest BCUT2D eigenvalue weighted by Crippen LogP contribution is 2.29. The normalized spacial score (nSPS) is 16.6. The van der Waals surface area contributed by atoms with Gasteiger partial charge < -0.3 is 18.9 Å². The monoisotopic (exact) mass is 379 g/mol. The highest BCUT2D eigenvalue weighted by atomic mass is 16.5. The summed E-state index contributed by atoms with van der Waals surface area (Å²) in [6, 6.07) is 15.2. The van der Waals surface area contributed by atoms with Gasteiger partial charge in [0.25, 0.3) is 0 Å². The van der Waals surface area contributed by atoms with E-state index in [2.05, 4.69) is 4.98 Å². The number of hydrogen-bond donors (Lipinski definition) is 0. The van der Waals surface area contributed by atoms with Crippen LogP contribution in [0.3, 0.4) is 0 Å². The van der Waals surface area contributed by atoms with Crippen molar-refractivity contribution in [2.75, 3.05) is 18.6 Å². The van der Waals surface area contributed by atoms with Crippen LogP contribution in [0, 0.1) is 5.92 Å². The van der Waals surface area contributed by atoms with Gasteiger partial charge in [-0.25, -0.2) is 4.98 Å². The number of nitrogens with zero attached hydrogens (tertiary/aromatic N) is 3. The van der Waals surface area contributed by atoms with Crippen molar-refractivity contribution in [3.05, 3.63) is 54.4 Å². The number of rotatable bonds is 5. The summed E-state index contributed by atoms with van der Waals surface area (Å²) in [7, 11) is 3.30. The Kier molecular flexibility index (Phi) is 4.73. The third-order valence-corrected chi connectivity index (χ3v) is 5.04. The SMILES string of the molecule is COC(=O)C1CC(=O)N(c2cccc(OCc3nc4ccccc4n3C)c2)C1. The van der Waals surface area contributed by atoms with Crippen molar-refractivity contribution in [2.45, 2.75) is 13.0 Å². The van der Waals surface area contributed by atoms with Crippen LogP contribution in [0.25, 0.3) is 11.0 Å². The standard InChI is InChI=1S/C21H21N3O4/c1-23-18-9-4-3-8-17(18)22-19(23)13-28-16-7-5-6-15(11-16)24-12-14(10-20(24)25)21(26)27-2/h3-9,11,14H,10,12-13H2,1-2H3. The van der Waals surface area contributed by atoms with Gasteiger partial charge in [-0.2, -0.15) is 0 Å². The van der Waals surface area contributed by atoms with Gasteiger partial charge in [0.15, 0.2) is 0 Å². The second-order valence-electron chi connectivity index (χ2n) is 6.79. The number of amides is 1. The average Bonchev–Trinajstić information content (AvgIpc) is 3.26. The van der Waals surface area contributed by atoms with Crippen molar-refractivity contribution in [2.24, 2.45) is 13.0 Å². The van der Waals surface area contributed by atoms with Crippen molar-refractivity contribution in [1.82, 2.24) is 9.55 Å². The fourth-order valence-corrected chi connectivity index (χ4v) is 3.50. The maximum Gasteiger partial charge on any atom is 0.311 e. The van der Waals surface area contributed by atoms with Crippen LogP contribution in [0.1, 0.15) is 12.2 Å². The first kappa shape index (κ1) is 18.0. The molecule has 3 aromatic rings. The summed E-state index contributed by atoms with van der Waals surface area (Å²) in [5.41, 5.74) is 2.68. The minimum Gasteiger partial charge on any atom is -0.486 e. The van der Waals surface area contributed by atoms with Gasteiger partial charge in [-0.1, -0.05) is 18.2 Å². The van der Waals surface area contributed by atoms with Crippen LogP contribution >= 0.6 is 0 Å². The molecule has 0 radical (unpaired) electrons. The predicted octanol–water partition coefficient (Wildman–Crippen LogP) is 2.68. The number of carbonyl (C=O) groups is 2. The van der Waals surface area contributed by atoms with E-state index in [1.165, 1.54) is 7.11 Å². The number of methoxy groups -OCH3 is 1. The number of ether oxygens (including phenoxy) is 2. The molecule has 1 unspecified atom stereocenters. The van der Waals surface area contributed by atoms with E-state index >= 15 is 0 Å². The van der Waals surface area contributed by atoms with Crippen LogP contribution < -0.4 is 9.64 Å². The Hall–Kier alpha value is -3.35. The minimum absolute atomic E-state index is 0.0945. The Morgan fingerprint density at radius 3 is 2.82 bits per heavy atom. The Morgan fingerprint density at radius 1 is 1.21 bits per heavy atom. The number of hydrogen-bond acceptors (Lipinski definition) is 5. The molecule has 1 saturated heterocycles. The average molecular weight is 379 g/mol. The van der Waals surface area contributed by atoms with Crippen LogP contribution in [0.2, 0.25) is 0 Å². The zero-order valence-corrected chi connectivity index (χ0v) is 15.8. The molecular formula is C21H21N3O4. The number of anilines is 1. The number of esters is 1. The summed E-state index contributed by atoms with van der Waals surface area (Å²) < 4.78 is 12.7. The lowest BCUT2D eigenvalue weighted by molar-refractivity contribution is -0.145. The molecule has 1 aliphatic heterocycles. The Bertz CT molecular complexity index is 1040. The molecule has 0 bridgehead atoms. The number of aromatic nitrogens is 2. The quantitative estimate of drug-likeness (QED) is 0.637. The number of carbonyl (C=O) groups excluding carboxylic acids is 2. The van der Waals surface area contributed by atoms with E-state index in [4.69, 9.17) is 9.47 Å². The van der Waals surface area contributed by atoms with Gasteiger partial charge in [0, 0.05) is 31.8 Å². The molecule has 0 N–H and O–H groups in total. The Morgan fingerprint density at radius 2 is 2.04 bits per heavy atom. The molecule has 28 heavy (non-hydrogen) atoms. The van der Waals surface area contributed by atoms with E-state index in [-0.39, 0.29) is 18.3 Å². The molecule has 1 fully saturated rings. The van der Waals surface area contributed by atoms with Gasteiger partial charge in [-0.15, -0.1) is 0 Å². The van der Waals surface area contributed by atoms with E-state index in [0.29, 0.717) is 24.6 Å². The molecule has 7 nitrogen and oxygen atoms in total. The maximum atomic E-state index is 12.3. The molecule has 0 saturated carbocycles. The molecule has 1 aromatic heterocycles. The van der Waals surface area contributed by atoms with E-state index in [9.17, 15) is 9.59 Å². The first-order chi connectivity index (χ1) is 13.6. The van der Waals surface area contributed by atoms with Crippen molar-refractivity contribution < 1.29 is 19.1 Å². The van der Waals surface area contributed by atoms with Crippen molar-refractivity contribution in [3.63, 3.8) is 0 Å². The Labute approximate surface area is 162 Å². The summed E-state index contributed by atoms with van der Waals surface area (Å²) in [6.45, 7) is 0.632. The van der Waals surface area contributed by atoms with Gasteiger partial charge in [-0.3, -0.25) is 9.59 Å². The zero-order chi connectivity index (χ0) is 19.7. The van der Waals surface area contributed by atoms with E-state index in [1.54, 1.807) is 11.0 Å². The van der Waals surface area contributed by atoms with Crippen LogP contribution in [-0.4, -0.2) is 35.1 Å². The first-order valence-corrected chi connectivity index (χ1v) is 9.08. The third kappa shape index (κ3) is 3.31. The summed E-state index contributed by atoms with van der Waals surface area (Å²) in [5, 5.41) is 0. The number of aryl methyl sites for hydroxylation is 1. The maximum absolute atomic E-state index is 12.3. The first-order valence-electron chi connectivity index (χ1n) is 9.08. The molecule has 0 aliphatic carbocycles. The van der Waals surface area contributed by atoms with Crippen LogP contribution in [0.5, 0.6) is 5.75 Å². The van der Waals surface area contributed by atoms with Crippen LogP contribution in [0.15, 0.2) is 48.5 Å². The summed E-state index contributed by atoms with van der Waals surface area (Å²) >= 11 is 0. The van der Waals surface area contributed by atoms with Gasteiger partial charge in [0.05, 0.1) is 24.1 Å². The molecule has 1 atom stereocenters. The smallest absolute Gasteiger partial charge is 0.311 e. The molecule has 0 spiro atoms. The predicted molar refractivity (Wildman–Crippen MR) is 104 cm³/mol. The number of para-hydroxylation sites is 2. The Balaban J connectivity index is 1.49. The summed E-state index contributed by atoms with van der Waals surface area (Å²) in [6.07, 6.45) is 0.164. The highest BCUT2D eigenvalue weighted by Gasteiger charge is 2.35. The fraction of sp³-hybridized carbons (Fsp3) is 0.286. The molecule has 144 valence electrons. The van der Waals surface area contributed by atoms with Gasteiger partial charge >= 0.3 is 5.97 Å². The van der Waals surface area contributed by atoms with Crippen molar-refractivity contribution in [3.8, 4) is 5.75 Å². The van der Waals surface area contributed by atoms with Crippen LogP contribution in [-0.2, 0) is 28.0 Å². The fourth-order valence-electron chi connectivity index (χ4n) is 3.50. The van der Waals surface area contributed by atoms with Crippen molar-refractivity contribution in [1.29, 1.82) is 0 Å². The molecule has 1 amide bonds. The lowest BCUT2D eigenvalue weighted by Crippen LogP contribution is -2.26. The van der Waals surface area contributed by atoms with Gasteiger partial charge in [0.2, 0.25) is 5.91 Å². The van der Waals surface area contributed by atoms with Gasteiger partial charge in [0.1, 0.15) is 18.2 Å². The zero-order valence-electron chi connectivity index (χ0n) is 15.8.